The Balaban J connectivity index is 0. The smallest absolute Gasteiger partial charge is 0.0316 e. The van der Waals surface area contributed by atoms with E-state index < -0.39 is 0 Å². The van der Waals surface area contributed by atoms with Crippen molar-refractivity contribution in [2.75, 3.05) is 0 Å². The molecule has 0 bridgehead atoms. The van der Waals surface area contributed by atoms with Crippen molar-refractivity contribution < 1.29 is 0 Å². The third-order valence-corrected chi connectivity index (χ3v) is 1.59. The molecule has 0 rings (SSSR count). The lowest BCUT2D eigenvalue weighted by atomic mass is 10.2. The van der Waals surface area contributed by atoms with E-state index in [1.165, 1.54) is 6.42 Å². The van der Waals surface area contributed by atoms with Gasteiger partial charge in [-0.15, -0.1) is 19.7 Å². The van der Waals surface area contributed by atoms with Crippen molar-refractivity contribution in [3.8, 4) is 0 Å². The Labute approximate surface area is 89.7 Å². The minimum absolute atomic E-state index is 1.10. The molecule has 0 fully saturated rings. The molecule has 0 atom stereocenters. The molecular formula is C14H24. The third-order valence-electron chi connectivity index (χ3n) is 1.59. The molecule has 80 valence electrons. The maximum absolute atomic E-state index is 3.60. The summed E-state index contributed by atoms with van der Waals surface area (Å²) in [6, 6.07) is 0. The lowest BCUT2D eigenvalue weighted by Gasteiger charge is -1.84. The van der Waals surface area contributed by atoms with Gasteiger partial charge in [-0.1, -0.05) is 30.4 Å². The van der Waals surface area contributed by atoms with Crippen LogP contribution in [0.2, 0.25) is 0 Å². The molecule has 0 aliphatic rings. The summed E-state index contributed by atoms with van der Waals surface area (Å²) in [5.41, 5.74) is 0. The molecule has 0 spiro atoms. The van der Waals surface area contributed by atoms with Gasteiger partial charge in [-0.25, -0.2) is 0 Å². The van der Waals surface area contributed by atoms with E-state index in [2.05, 4.69) is 31.9 Å². The van der Waals surface area contributed by atoms with Crippen molar-refractivity contribution in [2.24, 2.45) is 0 Å². The number of hydrogen-bond acceptors (Lipinski definition) is 0. The molecule has 0 aliphatic heterocycles. The highest BCUT2D eigenvalue weighted by atomic mass is 13.8. The highest BCUT2D eigenvalue weighted by Gasteiger charge is 1.74. The summed E-state index contributed by atoms with van der Waals surface area (Å²) >= 11 is 0. The molecule has 0 amide bonds. The van der Waals surface area contributed by atoms with Gasteiger partial charge in [0.15, 0.2) is 0 Å². The first-order valence-corrected chi connectivity index (χ1v) is 5.27. The monoisotopic (exact) mass is 192 g/mol. The van der Waals surface area contributed by atoms with Crippen LogP contribution in [-0.2, 0) is 0 Å². The molecule has 0 heteroatoms. The van der Waals surface area contributed by atoms with Crippen molar-refractivity contribution in [1.29, 1.82) is 0 Å². The van der Waals surface area contributed by atoms with Crippen LogP contribution in [0.25, 0.3) is 0 Å². The predicted molar refractivity (Wildman–Crippen MR) is 68.5 cm³/mol. The molecule has 0 aromatic rings. The molecule has 14 heavy (non-hydrogen) atoms. The zero-order valence-electron chi connectivity index (χ0n) is 9.54. The molecule has 0 saturated carbocycles. The molecule has 0 aromatic carbocycles. The van der Waals surface area contributed by atoms with Crippen LogP contribution in [-0.4, -0.2) is 0 Å². The van der Waals surface area contributed by atoms with Gasteiger partial charge < -0.3 is 0 Å². The second kappa shape index (κ2) is 17.9. The average molecular weight is 192 g/mol. The number of hydrogen-bond donors (Lipinski definition) is 0. The van der Waals surface area contributed by atoms with E-state index in [4.69, 9.17) is 0 Å². The minimum atomic E-state index is 1.10. The van der Waals surface area contributed by atoms with Crippen LogP contribution >= 0.6 is 0 Å². The van der Waals surface area contributed by atoms with Gasteiger partial charge in [-0.3, -0.25) is 0 Å². The van der Waals surface area contributed by atoms with E-state index in [1.807, 2.05) is 25.2 Å². The van der Waals surface area contributed by atoms with Crippen molar-refractivity contribution in [1.82, 2.24) is 0 Å². The summed E-state index contributed by atoms with van der Waals surface area (Å²) in [4.78, 5) is 0. The Bertz CT molecular complexity index is 143. The minimum Gasteiger partial charge on any atom is -0.103 e. The van der Waals surface area contributed by atoms with E-state index in [0.29, 0.717) is 0 Å². The maximum Gasteiger partial charge on any atom is -0.0316 e. The van der Waals surface area contributed by atoms with Crippen LogP contribution in [0.5, 0.6) is 0 Å². The highest BCUT2D eigenvalue weighted by Crippen LogP contribution is 1.94. The Morgan fingerprint density at radius 1 is 0.786 bits per heavy atom. The maximum atomic E-state index is 3.60. The lowest BCUT2D eigenvalue weighted by Crippen LogP contribution is -1.64. The summed E-state index contributed by atoms with van der Waals surface area (Å²) in [7, 11) is 0. The van der Waals surface area contributed by atoms with Gasteiger partial charge in [-0.05, 0) is 39.0 Å². The Morgan fingerprint density at radius 3 is 1.64 bits per heavy atom. The van der Waals surface area contributed by atoms with Crippen LogP contribution in [0, 0.1) is 0 Å². The highest BCUT2D eigenvalue weighted by molar-refractivity contribution is 4.80. The zero-order valence-corrected chi connectivity index (χ0v) is 9.54. The number of rotatable bonds is 7. The van der Waals surface area contributed by atoms with E-state index in [9.17, 15) is 0 Å². The SMILES string of the molecule is C=CCCC=CC.C=CCCCC=C. The van der Waals surface area contributed by atoms with Crippen molar-refractivity contribution in [3.63, 3.8) is 0 Å². The van der Waals surface area contributed by atoms with E-state index in [-0.39, 0.29) is 0 Å². The predicted octanol–water partition coefficient (Wildman–Crippen LogP) is 5.06. The largest absolute Gasteiger partial charge is 0.103 e. The summed E-state index contributed by atoms with van der Waals surface area (Å²) < 4.78 is 0. The van der Waals surface area contributed by atoms with Crippen LogP contribution in [0.3, 0.4) is 0 Å². The molecule has 0 nitrogen and oxygen atoms in total. The normalized spacial score (nSPS) is 8.93. The first kappa shape index (κ1) is 15.4. The Morgan fingerprint density at radius 2 is 1.29 bits per heavy atom. The van der Waals surface area contributed by atoms with Crippen molar-refractivity contribution in [2.45, 2.75) is 39.0 Å². The van der Waals surface area contributed by atoms with Gasteiger partial charge in [0.1, 0.15) is 0 Å². The Kier molecular flexibility index (Phi) is 19.7. The van der Waals surface area contributed by atoms with Gasteiger partial charge in [0.2, 0.25) is 0 Å². The third kappa shape index (κ3) is 22.4. The van der Waals surface area contributed by atoms with Gasteiger partial charge in [0.05, 0.1) is 0 Å². The topological polar surface area (TPSA) is 0 Å². The van der Waals surface area contributed by atoms with E-state index >= 15 is 0 Å². The molecular weight excluding hydrogens is 168 g/mol. The zero-order chi connectivity index (χ0) is 11.1. The van der Waals surface area contributed by atoms with Gasteiger partial charge in [0.25, 0.3) is 0 Å². The second-order valence-electron chi connectivity index (χ2n) is 2.94. The molecule has 0 aromatic heterocycles. The van der Waals surface area contributed by atoms with E-state index in [1.54, 1.807) is 0 Å². The molecule has 0 heterocycles. The van der Waals surface area contributed by atoms with Crippen molar-refractivity contribution >= 4 is 0 Å². The average Bonchev–Trinajstić information content (AvgIpc) is 2.21. The fourth-order valence-electron chi connectivity index (χ4n) is 0.787. The molecule has 0 unspecified atom stereocenters. The molecule has 0 N–H and O–H groups in total. The summed E-state index contributed by atoms with van der Waals surface area (Å²) in [5, 5.41) is 0. The second-order valence-corrected chi connectivity index (χ2v) is 2.94. The first-order valence-electron chi connectivity index (χ1n) is 5.27. The number of allylic oxidation sites excluding steroid dienone is 5. The summed E-state index contributed by atoms with van der Waals surface area (Å²) in [6.45, 7) is 12.8. The standard InChI is InChI=1S/2C7H12/c2*1-3-5-7-6-4-2/h3-4,6H,1,5,7H2,2H3;3-4H,1-2,5-7H2. The first-order chi connectivity index (χ1) is 6.83. The van der Waals surface area contributed by atoms with Crippen molar-refractivity contribution in [3.05, 3.63) is 50.1 Å². The van der Waals surface area contributed by atoms with Crippen LogP contribution < -0.4 is 0 Å². The van der Waals surface area contributed by atoms with Crippen LogP contribution in [0.4, 0.5) is 0 Å². The van der Waals surface area contributed by atoms with E-state index in [0.717, 1.165) is 25.7 Å². The van der Waals surface area contributed by atoms with Crippen LogP contribution in [0.1, 0.15) is 39.0 Å². The quantitative estimate of drug-likeness (QED) is 0.391. The fraction of sp³-hybridized carbons (Fsp3) is 0.429. The van der Waals surface area contributed by atoms with Gasteiger partial charge in [-0.2, -0.15) is 0 Å². The summed E-state index contributed by atoms with van der Waals surface area (Å²) in [6.07, 6.45) is 15.7. The Hall–Kier alpha value is -1.04. The molecule has 0 radical (unpaired) electrons. The lowest BCUT2D eigenvalue weighted by molar-refractivity contribution is 0.871. The van der Waals surface area contributed by atoms with Crippen LogP contribution in [0.15, 0.2) is 50.1 Å². The molecule has 0 saturated heterocycles. The fourth-order valence-corrected chi connectivity index (χ4v) is 0.787. The summed E-state index contributed by atoms with van der Waals surface area (Å²) in [5.74, 6) is 0. The van der Waals surface area contributed by atoms with Gasteiger partial charge >= 0.3 is 0 Å². The molecule has 0 aliphatic carbocycles. The van der Waals surface area contributed by atoms with Gasteiger partial charge in [0, 0.05) is 0 Å². The number of unbranched alkanes of at least 4 members (excludes halogenated alkanes) is 3.